The Bertz CT molecular complexity index is 1050. The Morgan fingerprint density at radius 1 is 0.920 bits per heavy atom. The summed E-state index contributed by atoms with van der Waals surface area (Å²) in [5.41, 5.74) is 4.83. The first kappa shape index (κ1) is 15.5. The molecule has 0 radical (unpaired) electrons. The van der Waals surface area contributed by atoms with E-state index in [2.05, 4.69) is 34.6 Å². The summed E-state index contributed by atoms with van der Waals surface area (Å²) in [6, 6.07) is 24.0. The van der Waals surface area contributed by atoms with Crippen LogP contribution < -0.4 is 5.32 Å². The predicted octanol–water partition coefficient (Wildman–Crippen LogP) is 5.52. The number of carbonyl (C=O) groups excluding carboxylic acids is 1. The topological polar surface area (TPSA) is 42.0 Å². The Labute approximate surface area is 150 Å². The molecule has 1 N–H and O–H groups in total. The molecule has 122 valence electrons. The Morgan fingerprint density at radius 2 is 1.68 bits per heavy atom. The van der Waals surface area contributed by atoms with Crippen LogP contribution in [-0.4, -0.2) is 10.9 Å². The van der Waals surface area contributed by atoms with Gasteiger partial charge in [-0.3, -0.25) is 10.1 Å². The van der Waals surface area contributed by atoms with Gasteiger partial charge in [-0.2, -0.15) is 0 Å². The highest BCUT2D eigenvalue weighted by Crippen LogP contribution is 2.30. The Kier molecular flexibility index (Phi) is 4.04. The molecule has 1 aromatic heterocycles. The van der Waals surface area contributed by atoms with Crippen molar-refractivity contribution in [3.05, 3.63) is 83.9 Å². The van der Waals surface area contributed by atoms with Crippen LogP contribution in [0.3, 0.4) is 0 Å². The molecule has 0 aliphatic rings. The number of hydrogen-bond donors (Lipinski definition) is 1. The molecule has 4 heteroatoms. The van der Waals surface area contributed by atoms with E-state index in [1.807, 2.05) is 55.5 Å². The fourth-order valence-electron chi connectivity index (χ4n) is 2.78. The van der Waals surface area contributed by atoms with Crippen LogP contribution in [0.2, 0.25) is 0 Å². The maximum absolute atomic E-state index is 12.5. The number of nitrogens with one attached hydrogen (secondary N) is 1. The Hall–Kier alpha value is -2.98. The lowest BCUT2D eigenvalue weighted by atomic mass is 10.1. The van der Waals surface area contributed by atoms with Gasteiger partial charge in [0.05, 0.1) is 10.2 Å². The molecule has 1 heterocycles. The zero-order valence-electron chi connectivity index (χ0n) is 13.7. The van der Waals surface area contributed by atoms with E-state index >= 15 is 0 Å². The number of nitrogens with zero attached hydrogens (tertiary/aromatic N) is 1. The Morgan fingerprint density at radius 3 is 2.48 bits per heavy atom. The number of anilines is 1. The van der Waals surface area contributed by atoms with E-state index in [-0.39, 0.29) is 5.91 Å². The van der Waals surface area contributed by atoms with Gasteiger partial charge in [0.2, 0.25) is 0 Å². The third kappa shape index (κ3) is 3.16. The first-order valence-electron chi connectivity index (χ1n) is 8.04. The largest absolute Gasteiger partial charge is 0.298 e. The summed E-state index contributed by atoms with van der Waals surface area (Å²) >= 11 is 1.49. The van der Waals surface area contributed by atoms with Crippen molar-refractivity contribution in [2.24, 2.45) is 0 Å². The van der Waals surface area contributed by atoms with Gasteiger partial charge in [-0.15, -0.1) is 0 Å². The number of hydrogen-bond acceptors (Lipinski definition) is 3. The van der Waals surface area contributed by atoms with Crippen LogP contribution in [0.15, 0.2) is 72.8 Å². The maximum Gasteiger partial charge on any atom is 0.257 e. The summed E-state index contributed by atoms with van der Waals surface area (Å²) in [6.45, 7) is 1.93. The molecule has 25 heavy (non-hydrogen) atoms. The molecule has 0 atom stereocenters. The molecular formula is C21H16N2OS. The highest BCUT2D eigenvalue weighted by atomic mass is 32.1. The molecule has 3 nitrogen and oxygen atoms in total. The van der Waals surface area contributed by atoms with Gasteiger partial charge in [0.1, 0.15) is 0 Å². The minimum atomic E-state index is -0.125. The van der Waals surface area contributed by atoms with Gasteiger partial charge in [-0.25, -0.2) is 4.98 Å². The van der Waals surface area contributed by atoms with Crippen LogP contribution >= 0.6 is 11.3 Å². The normalized spacial score (nSPS) is 10.8. The molecule has 0 aliphatic carbocycles. The van der Waals surface area contributed by atoms with Gasteiger partial charge in [0.15, 0.2) is 5.13 Å². The SMILES string of the molecule is Cc1ccccc1C(=O)Nc1nc2ccc(-c3ccccc3)cc2s1. The van der Waals surface area contributed by atoms with E-state index in [1.54, 1.807) is 0 Å². The second-order valence-electron chi connectivity index (χ2n) is 5.84. The summed E-state index contributed by atoms with van der Waals surface area (Å²) in [7, 11) is 0. The van der Waals surface area contributed by atoms with Crippen molar-refractivity contribution in [3.63, 3.8) is 0 Å². The number of aromatic nitrogens is 1. The van der Waals surface area contributed by atoms with Crippen molar-refractivity contribution in [3.8, 4) is 11.1 Å². The number of amides is 1. The number of carbonyl (C=O) groups is 1. The Balaban J connectivity index is 1.63. The molecule has 4 rings (SSSR count). The third-order valence-corrected chi connectivity index (χ3v) is 5.04. The summed E-state index contributed by atoms with van der Waals surface area (Å²) in [5, 5.41) is 3.54. The molecule has 1 amide bonds. The fraction of sp³-hybridized carbons (Fsp3) is 0.0476. The highest BCUT2D eigenvalue weighted by Gasteiger charge is 2.12. The van der Waals surface area contributed by atoms with Gasteiger partial charge in [-0.1, -0.05) is 65.9 Å². The quantitative estimate of drug-likeness (QED) is 0.531. The number of aryl methyl sites for hydroxylation is 1. The lowest BCUT2D eigenvalue weighted by molar-refractivity contribution is 0.102. The highest BCUT2D eigenvalue weighted by molar-refractivity contribution is 7.22. The van der Waals surface area contributed by atoms with E-state index in [1.165, 1.54) is 16.9 Å². The van der Waals surface area contributed by atoms with E-state index in [9.17, 15) is 4.79 Å². The predicted molar refractivity (Wildman–Crippen MR) is 104 cm³/mol. The minimum Gasteiger partial charge on any atom is -0.298 e. The number of benzene rings is 3. The van der Waals surface area contributed by atoms with E-state index in [0.717, 1.165) is 21.3 Å². The van der Waals surface area contributed by atoms with Crippen LogP contribution in [0.5, 0.6) is 0 Å². The molecule has 0 saturated carbocycles. The van der Waals surface area contributed by atoms with Crippen molar-refractivity contribution in [2.75, 3.05) is 5.32 Å². The van der Waals surface area contributed by atoms with Crippen LogP contribution in [0.4, 0.5) is 5.13 Å². The van der Waals surface area contributed by atoms with Gasteiger partial charge >= 0.3 is 0 Å². The fourth-order valence-corrected chi connectivity index (χ4v) is 3.68. The molecule has 0 spiro atoms. The lowest BCUT2D eigenvalue weighted by Gasteiger charge is -2.04. The van der Waals surface area contributed by atoms with Gasteiger partial charge < -0.3 is 0 Å². The minimum absolute atomic E-state index is 0.125. The van der Waals surface area contributed by atoms with Crippen LogP contribution in [0.1, 0.15) is 15.9 Å². The van der Waals surface area contributed by atoms with Crippen molar-refractivity contribution >= 4 is 32.6 Å². The molecular weight excluding hydrogens is 328 g/mol. The van der Waals surface area contributed by atoms with Crippen LogP contribution in [-0.2, 0) is 0 Å². The summed E-state index contributed by atoms with van der Waals surface area (Å²) in [5.74, 6) is -0.125. The van der Waals surface area contributed by atoms with Gasteiger partial charge in [0.25, 0.3) is 5.91 Å². The molecule has 0 aliphatic heterocycles. The van der Waals surface area contributed by atoms with Crippen molar-refractivity contribution in [1.29, 1.82) is 0 Å². The molecule has 0 fully saturated rings. The smallest absolute Gasteiger partial charge is 0.257 e. The number of fused-ring (bicyclic) bond motifs is 1. The summed E-state index contributed by atoms with van der Waals surface area (Å²) in [6.07, 6.45) is 0. The zero-order chi connectivity index (χ0) is 17.2. The first-order chi connectivity index (χ1) is 12.2. The molecule has 3 aromatic carbocycles. The van der Waals surface area contributed by atoms with Crippen LogP contribution in [0.25, 0.3) is 21.3 Å². The molecule has 0 bridgehead atoms. The third-order valence-electron chi connectivity index (χ3n) is 4.11. The van der Waals surface area contributed by atoms with E-state index in [4.69, 9.17) is 0 Å². The standard InChI is InChI=1S/C21H16N2OS/c1-14-7-5-6-10-17(14)20(24)23-21-22-18-12-11-16(13-19(18)25-21)15-8-3-2-4-9-15/h2-13H,1H3,(H,22,23,24). The lowest BCUT2D eigenvalue weighted by Crippen LogP contribution is -2.12. The molecule has 0 unspecified atom stereocenters. The average molecular weight is 344 g/mol. The maximum atomic E-state index is 12.5. The monoisotopic (exact) mass is 344 g/mol. The average Bonchev–Trinajstić information content (AvgIpc) is 3.04. The summed E-state index contributed by atoms with van der Waals surface area (Å²) < 4.78 is 1.06. The number of rotatable bonds is 3. The summed E-state index contributed by atoms with van der Waals surface area (Å²) in [4.78, 5) is 17.0. The van der Waals surface area contributed by atoms with Crippen molar-refractivity contribution < 1.29 is 4.79 Å². The zero-order valence-corrected chi connectivity index (χ0v) is 14.5. The first-order valence-corrected chi connectivity index (χ1v) is 8.85. The van der Waals surface area contributed by atoms with Gasteiger partial charge in [-0.05, 0) is 41.8 Å². The van der Waals surface area contributed by atoms with Crippen molar-refractivity contribution in [2.45, 2.75) is 6.92 Å². The van der Waals surface area contributed by atoms with Crippen molar-refractivity contribution in [1.82, 2.24) is 4.98 Å². The second kappa shape index (κ2) is 6.49. The van der Waals surface area contributed by atoms with Crippen LogP contribution in [0, 0.1) is 6.92 Å². The molecule has 0 saturated heterocycles. The van der Waals surface area contributed by atoms with Gasteiger partial charge in [0, 0.05) is 5.56 Å². The number of thiazole rings is 1. The molecule has 4 aromatic rings. The second-order valence-corrected chi connectivity index (χ2v) is 6.87. The van der Waals surface area contributed by atoms with E-state index in [0.29, 0.717) is 10.7 Å². The van der Waals surface area contributed by atoms with E-state index < -0.39 is 0 Å².